The molecule has 0 bridgehead atoms. The summed E-state index contributed by atoms with van der Waals surface area (Å²) in [5.41, 5.74) is 3.55. The van der Waals surface area contributed by atoms with Gasteiger partial charge in [-0.1, -0.05) is 30.3 Å². The van der Waals surface area contributed by atoms with Gasteiger partial charge in [0.05, 0.1) is 6.20 Å². The fourth-order valence-electron chi connectivity index (χ4n) is 3.22. The van der Waals surface area contributed by atoms with E-state index in [-0.39, 0.29) is 5.82 Å². The summed E-state index contributed by atoms with van der Waals surface area (Å²) < 4.78 is 13.0. The third kappa shape index (κ3) is 3.64. The molecule has 1 aromatic heterocycles. The number of nitrogens with zero attached hydrogens (tertiary/aromatic N) is 4. The maximum Gasteiger partial charge on any atom is 0.251 e. The Morgan fingerprint density at radius 1 is 1.08 bits per heavy atom. The number of para-hydroxylation sites is 1. The zero-order valence-corrected chi connectivity index (χ0v) is 14.4. The quantitative estimate of drug-likeness (QED) is 0.760. The minimum atomic E-state index is -0.215. The number of hydrogen-bond acceptors (Lipinski definition) is 5. The second-order valence-corrected chi connectivity index (χ2v) is 6.33. The molecule has 26 heavy (non-hydrogen) atoms. The molecule has 1 aliphatic heterocycles. The SMILES string of the molecule is Fc1ccc(CCNc2cnnc(N3CCCc4ccccc43)n2)cc1. The first kappa shape index (κ1) is 16.4. The summed E-state index contributed by atoms with van der Waals surface area (Å²) in [5, 5.41) is 11.6. The second-order valence-electron chi connectivity index (χ2n) is 6.33. The lowest BCUT2D eigenvalue weighted by atomic mass is 10.0. The number of aryl methyl sites for hydroxylation is 1. The van der Waals surface area contributed by atoms with Crippen molar-refractivity contribution in [1.82, 2.24) is 15.2 Å². The lowest BCUT2D eigenvalue weighted by Crippen LogP contribution is -2.26. The van der Waals surface area contributed by atoms with Crippen molar-refractivity contribution in [3.05, 3.63) is 71.7 Å². The molecule has 0 amide bonds. The Morgan fingerprint density at radius 3 is 2.81 bits per heavy atom. The lowest BCUT2D eigenvalue weighted by molar-refractivity contribution is 0.627. The molecule has 0 spiro atoms. The minimum absolute atomic E-state index is 0.215. The number of aromatic nitrogens is 3. The second kappa shape index (κ2) is 7.47. The van der Waals surface area contributed by atoms with E-state index >= 15 is 0 Å². The molecule has 0 aliphatic carbocycles. The van der Waals surface area contributed by atoms with Gasteiger partial charge in [-0.3, -0.25) is 0 Å². The predicted octanol–water partition coefficient (Wildman–Crippen LogP) is 3.75. The molecule has 1 aliphatic rings. The standard InChI is InChI=1S/C20H20FN5/c21-17-9-7-15(8-10-17)11-12-22-19-14-23-25-20(24-19)26-13-3-5-16-4-1-2-6-18(16)26/h1-2,4,6-10,14H,3,5,11-13H2,(H,22,24,25). The first-order chi connectivity index (χ1) is 12.8. The van der Waals surface area contributed by atoms with Crippen molar-refractivity contribution in [3.63, 3.8) is 0 Å². The van der Waals surface area contributed by atoms with Crippen LogP contribution in [0, 0.1) is 5.82 Å². The predicted molar refractivity (Wildman–Crippen MR) is 100 cm³/mol. The van der Waals surface area contributed by atoms with Gasteiger partial charge in [0.2, 0.25) is 0 Å². The van der Waals surface area contributed by atoms with Crippen molar-refractivity contribution in [1.29, 1.82) is 0 Å². The largest absolute Gasteiger partial charge is 0.368 e. The van der Waals surface area contributed by atoms with E-state index in [1.165, 1.54) is 17.7 Å². The fraction of sp³-hybridized carbons (Fsp3) is 0.250. The highest BCUT2D eigenvalue weighted by molar-refractivity contribution is 5.63. The van der Waals surface area contributed by atoms with Crippen molar-refractivity contribution in [3.8, 4) is 0 Å². The maximum absolute atomic E-state index is 13.0. The van der Waals surface area contributed by atoms with Crippen molar-refractivity contribution < 1.29 is 4.39 Å². The van der Waals surface area contributed by atoms with Gasteiger partial charge >= 0.3 is 0 Å². The molecule has 0 saturated heterocycles. The van der Waals surface area contributed by atoms with Gasteiger partial charge < -0.3 is 10.2 Å². The topological polar surface area (TPSA) is 53.9 Å². The van der Waals surface area contributed by atoms with Crippen LogP contribution in [-0.2, 0) is 12.8 Å². The number of benzene rings is 2. The summed E-state index contributed by atoms with van der Waals surface area (Å²) in [6.07, 6.45) is 4.56. The van der Waals surface area contributed by atoms with Crippen LogP contribution in [0.3, 0.4) is 0 Å². The smallest absolute Gasteiger partial charge is 0.251 e. The van der Waals surface area contributed by atoms with Gasteiger partial charge in [-0.25, -0.2) is 4.39 Å². The Bertz CT molecular complexity index is 881. The van der Waals surface area contributed by atoms with Crippen LogP contribution in [-0.4, -0.2) is 28.3 Å². The monoisotopic (exact) mass is 349 g/mol. The van der Waals surface area contributed by atoms with Gasteiger partial charge in [0.15, 0.2) is 5.82 Å². The number of nitrogens with one attached hydrogen (secondary N) is 1. The van der Waals surface area contributed by atoms with E-state index in [0.717, 1.165) is 37.1 Å². The fourth-order valence-corrected chi connectivity index (χ4v) is 3.22. The minimum Gasteiger partial charge on any atom is -0.368 e. The van der Waals surface area contributed by atoms with Crippen molar-refractivity contribution >= 4 is 17.5 Å². The van der Waals surface area contributed by atoms with Gasteiger partial charge in [-0.2, -0.15) is 10.1 Å². The van der Waals surface area contributed by atoms with Crippen LogP contribution in [0.2, 0.25) is 0 Å². The molecule has 2 heterocycles. The first-order valence-corrected chi connectivity index (χ1v) is 8.83. The number of fused-ring (bicyclic) bond motifs is 1. The third-order valence-corrected chi connectivity index (χ3v) is 4.53. The van der Waals surface area contributed by atoms with Gasteiger partial charge in [-0.15, -0.1) is 5.10 Å². The molecule has 3 aromatic rings. The van der Waals surface area contributed by atoms with Crippen LogP contribution < -0.4 is 10.2 Å². The van der Waals surface area contributed by atoms with Crippen LogP contribution in [0.4, 0.5) is 21.8 Å². The van der Waals surface area contributed by atoms with E-state index < -0.39 is 0 Å². The van der Waals surface area contributed by atoms with Gasteiger partial charge in [0.1, 0.15) is 5.82 Å². The molecule has 1 N–H and O–H groups in total. The van der Waals surface area contributed by atoms with Gasteiger partial charge in [0, 0.05) is 18.8 Å². The molecular weight excluding hydrogens is 329 g/mol. The van der Waals surface area contributed by atoms with Crippen LogP contribution in [0.1, 0.15) is 17.5 Å². The van der Waals surface area contributed by atoms with Crippen molar-refractivity contribution in [2.24, 2.45) is 0 Å². The molecule has 0 radical (unpaired) electrons. The number of hydrogen-bond donors (Lipinski definition) is 1. The molecule has 132 valence electrons. The Labute approximate surface area is 151 Å². The number of anilines is 3. The molecule has 0 saturated carbocycles. The average molecular weight is 349 g/mol. The maximum atomic E-state index is 13.0. The molecule has 0 unspecified atom stereocenters. The van der Waals surface area contributed by atoms with Crippen molar-refractivity contribution in [2.75, 3.05) is 23.3 Å². The van der Waals surface area contributed by atoms with Crippen molar-refractivity contribution in [2.45, 2.75) is 19.3 Å². The highest BCUT2D eigenvalue weighted by atomic mass is 19.1. The Morgan fingerprint density at radius 2 is 1.92 bits per heavy atom. The number of halogens is 1. The average Bonchev–Trinajstić information content (AvgIpc) is 2.69. The first-order valence-electron chi connectivity index (χ1n) is 8.83. The Balaban J connectivity index is 1.45. The third-order valence-electron chi connectivity index (χ3n) is 4.53. The summed E-state index contributed by atoms with van der Waals surface area (Å²) in [7, 11) is 0. The summed E-state index contributed by atoms with van der Waals surface area (Å²) in [6.45, 7) is 1.58. The molecule has 6 heteroatoms. The lowest BCUT2D eigenvalue weighted by Gasteiger charge is -2.29. The van der Waals surface area contributed by atoms with E-state index in [9.17, 15) is 4.39 Å². The van der Waals surface area contributed by atoms with E-state index in [1.807, 2.05) is 6.07 Å². The van der Waals surface area contributed by atoms with Gasteiger partial charge in [-0.05, 0) is 48.6 Å². The van der Waals surface area contributed by atoms with Crippen LogP contribution in [0.15, 0.2) is 54.7 Å². The summed E-state index contributed by atoms with van der Waals surface area (Å²) in [4.78, 5) is 6.74. The molecule has 4 rings (SSSR count). The van der Waals surface area contributed by atoms with Crippen LogP contribution in [0.25, 0.3) is 0 Å². The van der Waals surface area contributed by atoms with Crippen LogP contribution in [0.5, 0.6) is 0 Å². The molecular formula is C20H20FN5. The molecule has 2 aromatic carbocycles. The molecule has 5 nitrogen and oxygen atoms in total. The molecule has 0 fully saturated rings. The summed E-state index contributed by atoms with van der Waals surface area (Å²) in [5.74, 6) is 1.09. The van der Waals surface area contributed by atoms with E-state index in [2.05, 4.69) is 43.6 Å². The summed E-state index contributed by atoms with van der Waals surface area (Å²) in [6, 6.07) is 14.9. The van der Waals surface area contributed by atoms with Gasteiger partial charge in [0.25, 0.3) is 5.95 Å². The number of rotatable bonds is 5. The van der Waals surface area contributed by atoms with Crippen LogP contribution >= 0.6 is 0 Å². The zero-order valence-electron chi connectivity index (χ0n) is 14.4. The molecule has 0 atom stereocenters. The van der Waals surface area contributed by atoms with E-state index in [4.69, 9.17) is 0 Å². The normalized spacial score (nSPS) is 13.3. The highest BCUT2D eigenvalue weighted by Gasteiger charge is 2.20. The van der Waals surface area contributed by atoms with E-state index in [1.54, 1.807) is 18.3 Å². The Kier molecular flexibility index (Phi) is 4.73. The Hall–Kier alpha value is -3.02. The summed E-state index contributed by atoms with van der Waals surface area (Å²) >= 11 is 0. The zero-order chi connectivity index (χ0) is 17.8. The van der Waals surface area contributed by atoms with E-state index in [0.29, 0.717) is 18.3 Å². The highest BCUT2D eigenvalue weighted by Crippen LogP contribution is 2.31.